The molecule has 6 nitrogen and oxygen atoms in total. The van der Waals surface area contributed by atoms with Crippen LogP contribution in [0.25, 0.3) is 0 Å². The largest absolute Gasteiger partial charge is 0.474 e. The van der Waals surface area contributed by atoms with Crippen LogP contribution in [-0.2, 0) is 6.18 Å². The number of nitriles is 1. The minimum Gasteiger partial charge on any atom is -0.474 e. The van der Waals surface area contributed by atoms with Crippen molar-refractivity contribution in [2.45, 2.75) is 90.1 Å². The number of aromatic nitrogens is 2. The van der Waals surface area contributed by atoms with Crippen molar-refractivity contribution in [2.24, 2.45) is 5.41 Å². The van der Waals surface area contributed by atoms with Crippen molar-refractivity contribution in [2.75, 3.05) is 18.4 Å². The Hall–Kier alpha value is -2.08. The Labute approximate surface area is 183 Å². The summed E-state index contributed by atoms with van der Waals surface area (Å²) in [6.07, 6.45) is 1.17. The molecule has 1 N–H and O–H groups in total. The molecule has 1 aromatic heterocycles. The summed E-state index contributed by atoms with van der Waals surface area (Å²) in [4.78, 5) is 9.63. The molecule has 4 rings (SSSR count). The maximum Gasteiger partial charge on any atom is 0.451 e. The van der Waals surface area contributed by atoms with Gasteiger partial charge in [-0.2, -0.15) is 23.4 Å². The Morgan fingerprint density at radius 3 is 2.39 bits per heavy atom. The molecule has 1 aliphatic heterocycles. The van der Waals surface area contributed by atoms with Gasteiger partial charge in [-0.1, -0.05) is 20.8 Å². The molecule has 2 aliphatic carbocycles. The molecule has 0 unspecified atom stereocenters. The average molecular weight is 442 g/mol. The molecular weight excluding hydrogens is 407 g/mol. The monoisotopic (exact) mass is 441 g/mol. The second kappa shape index (κ2) is 9.60. The van der Waals surface area contributed by atoms with Gasteiger partial charge in [-0.05, 0) is 38.5 Å². The quantitative estimate of drug-likeness (QED) is 0.648. The second-order valence-corrected chi connectivity index (χ2v) is 8.93. The van der Waals surface area contributed by atoms with Crippen LogP contribution in [0.3, 0.4) is 0 Å². The minimum atomic E-state index is -4.61. The third-order valence-corrected chi connectivity index (χ3v) is 6.01. The number of rotatable bonds is 6. The predicted octanol–water partition coefficient (Wildman–Crippen LogP) is 5.27. The summed E-state index contributed by atoms with van der Waals surface area (Å²) in [7, 11) is 0. The van der Waals surface area contributed by atoms with Crippen LogP contribution >= 0.6 is 0 Å². The third-order valence-electron chi connectivity index (χ3n) is 6.01. The maximum atomic E-state index is 13.1. The van der Waals surface area contributed by atoms with E-state index in [2.05, 4.69) is 33.2 Å². The highest BCUT2D eigenvalue weighted by molar-refractivity contribution is 5.41. The highest BCUT2D eigenvalue weighted by atomic mass is 19.4. The highest BCUT2D eigenvalue weighted by Crippen LogP contribution is 2.38. The van der Waals surface area contributed by atoms with Crippen molar-refractivity contribution in [3.05, 3.63) is 11.9 Å². The van der Waals surface area contributed by atoms with Crippen molar-refractivity contribution in [3.63, 3.8) is 0 Å². The molecule has 1 saturated heterocycles. The van der Waals surface area contributed by atoms with Crippen LogP contribution in [-0.4, -0.2) is 46.1 Å². The SMILES string of the molecule is CC.CC1(CC#N)CN(C2CCC(Oc3cc(NC4CC4)nc(C(F)(F)F)n3)CC2)C1.[HH]. The molecule has 31 heavy (non-hydrogen) atoms. The van der Waals surface area contributed by atoms with E-state index in [0.29, 0.717) is 12.5 Å². The van der Waals surface area contributed by atoms with E-state index in [1.54, 1.807) is 0 Å². The molecule has 1 aromatic rings. The second-order valence-electron chi connectivity index (χ2n) is 8.93. The summed E-state index contributed by atoms with van der Waals surface area (Å²) < 4.78 is 45.3. The van der Waals surface area contributed by atoms with Crippen molar-refractivity contribution < 1.29 is 19.3 Å². The van der Waals surface area contributed by atoms with Gasteiger partial charge < -0.3 is 10.1 Å². The molecular formula is C22H34F3N5O. The Morgan fingerprint density at radius 1 is 1.19 bits per heavy atom. The van der Waals surface area contributed by atoms with Crippen LogP contribution in [0.2, 0.25) is 0 Å². The third kappa shape index (κ3) is 6.22. The van der Waals surface area contributed by atoms with Gasteiger partial charge in [0.2, 0.25) is 11.7 Å². The van der Waals surface area contributed by atoms with Crippen LogP contribution in [0.15, 0.2) is 6.07 Å². The number of alkyl halides is 3. The molecule has 174 valence electrons. The molecule has 0 spiro atoms. The molecule has 3 fully saturated rings. The molecule has 0 bridgehead atoms. The number of likely N-dealkylation sites (tertiary alicyclic amines) is 1. The zero-order valence-electron chi connectivity index (χ0n) is 18.5. The molecule has 0 amide bonds. The Morgan fingerprint density at radius 2 is 1.84 bits per heavy atom. The van der Waals surface area contributed by atoms with Gasteiger partial charge in [-0.25, -0.2) is 4.98 Å². The summed E-state index contributed by atoms with van der Waals surface area (Å²) >= 11 is 0. The van der Waals surface area contributed by atoms with Crippen LogP contribution in [0.4, 0.5) is 19.0 Å². The number of anilines is 1. The molecule has 0 aromatic carbocycles. The van der Waals surface area contributed by atoms with E-state index in [0.717, 1.165) is 51.6 Å². The summed E-state index contributed by atoms with van der Waals surface area (Å²) in [5.41, 5.74) is 0.0992. The van der Waals surface area contributed by atoms with Gasteiger partial charge in [0.25, 0.3) is 0 Å². The van der Waals surface area contributed by atoms with Crippen molar-refractivity contribution in [1.82, 2.24) is 14.9 Å². The lowest BCUT2D eigenvalue weighted by Crippen LogP contribution is -2.59. The first-order valence-electron chi connectivity index (χ1n) is 11.2. The van der Waals surface area contributed by atoms with E-state index in [1.165, 1.54) is 6.07 Å². The van der Waals surface area contributed by atoms with Gasteiger partial charge >= 0.3 is 6.18 Å². The normalized spacial score (nSPS) is 25.5. The maximum absolute atomic E-state index is 13.1. The first-order valence-corrected chi connectivity index (χ1v) is 11.2. The number of ether oxygens (including phenoxy) is 1. The lowest BCUT2D eigenvalue weighted by molar-refractivity contribution is -0.145. The Bertz CT molecular complexity index is 783. The zero-order valence-corrected chi connectivity index (χ0v) is 18.5. The smallest absolute Gasteiger partial charge is 0.451 e. The molecule has 2 heterocycles. The van der Waals surface area contributed by atoms with E-state index in [-0.39, 0.29) is 30.7 Å². The number of hydrogen-bond donors (Lipinski definition) is 1. The van der Waals surface area contributed by atoms with Crippen LogP contribution in [0.5, 0.6) is 5.88 Å². The minimum absolute atomic E-state index is 0. The fourth-order valence-corrected chi connectivity index (χ4v) is 4.32. The molecule has 0 radical (unpaired) electrons. The summed E-state index contributed by atoms with van der Waals surface area (Å²) in [6.45, 7) is 8.02. The summed E-state index contributed by atoms with van der Waals surface area (Å²) in [5, 5.41) is 11.9. The predicted molar refractivity (Wildman–Crippen MR) is 114 cm³/mol. The molecule has 0 atom stereocenters. The van der Waals surface area contributed by atoms with Crippen LogP contribution < -0.4 is 10.1 Å². The fraction of sp³-hybridized carbons (Fsp3) is 0.773. The summed E-state index contributed by atoms with van der Waals surface area (Å²) in [5.74, 6) is -0.996. The molecule has 9 heteroatoms. The van der Waals surface area contributed by atoms with Gasteiger partial charge in [0, 0.05) is 44.5 Å². The summed E-state index contributed by atoms with van der Waals surface area (Å²) in [6, 6.07) is 4.39. The lowest BCUT2D eigenvalue weighted by atomic mass is 9.76. The van der Waals surface area contributed by atoms with Gasteiger partial charge in [-0.3, -0.25) is 4.90 Å². The Kier molecular flexibility index (Phi) is 7.30. The zero-order chi connectivity index (χ0) is 22.6. The fourth-order valence-electron chi connectivity index (χ4n) is 4.32. The van der Waals surface area contributed by atoms with Gasteiger partial charge in [0.1, 0.15) is 11.9 Å². The van der Waals surface area contributed by atoms with Gasteiger partial charge in [0.05, 0.1) is 6.07 Å². The van der Waals surface area contributed by atoms with Gasteiger partial charge in [-0.15, -0.1) is 0 Å². The van der Waals surface area contributed by atoms with Gasteiger partial charge in [0.15, 0.2) is 0 Å². The first-order chi connectivity index (χ1) is 14.7. The van der Waals surface area contributed by atoms with Crippen LogP contribution in [0.1, 0.15) is 73.0 Å². The average Bonchev–Trinajstić information content (AvgIpc) is 3.52. The standard InChI is InChI=1S/C20H26F3N5O.C2H6.H2/c1-19(8-9-24)11-28(12-19)14-4-6-15(7-5-14)29-17-10-16(25-13-2-3-13)26-18(27-17)20(21,22)23;1-2;/h10,13-15H,2-8,11-12H2,1H3,(H,25,26,27);1-2H3;1H. The number of nitrogens with one attached hydrogen (secondary N) is 1. The van der Waals surface area contributed by atoms with Crippen molar-refractivity contribution in [1.29, 1.82) is 5.26 Å². The topological polar surface area (TPSA) is 74.1 Å². The Balaban J connectivity index is 0.00000118. The molecule has 2 saturated carbocycles. The highest BCUT2D eigenvalue weighted by Gasteiger charge is 2.42. The van der Waals surface area contributed by atoms with E-state index in [1.807, 2.05) is 13.8 Å². The van der Waals surface area contributed by atoms with E-state index >= 15 is 0 Å². The van der Waals surface area contributed by atoms with Crippen molar-refractivity contribution >= 4 is 5.82 Å². The molecule has 3 aliphatic rings. The lowest BCUT2D eigenvalue weighted by Gasteiger charge is -2.52. The van der Waals surface area contributed by atoms with E-state index in [4.69, 9.17) is 10.00 Å². The number of nitrogens with zero attached hydrogens (tertiary/aromatic N) is 4. The number of hydrogen-bond acceptors (Lipinski definition) is 6. The van der Waals surface area contributed by atoms with Crippen LogP contribution in [0, 0.1) is 16.7 Å². The first kappa shape index (κ1) is 23.6. The number of halogens is 3. The van der Waals surface area contributed by atoms with E-state index in [9.17, 15) is 13.2 Å². The van der Waals surface area contributed by atoms with E-state index < -0.39 is 12.0 Å². The van der Waals surface area contributed by atoms with Crippen molar-refractivity contribution in [3.8, 4) is 11.9 Å².